The molecule has 0 atom stereocenters. The second-order valence-corrected chi connectivity index (χ2v) is 5.05. The lowest BCUT2D eigenvalue weighted by molar-refractivity contribution is 0.484. The van der Waals surface area contributed by atoms with Gasteiger partial charge in [0.05, 0.1) is 0 Å². The van der Waals surface area contributed by atoms with Crippen molar-refractivity contribution in [2.75, 3.05) is 11.9 Å². The Labute approximate surface area is 100 Å². The normalized spacial score (nSPS) is 11.6. The minimum Gasteiger partial charge on any atom is -0.385 e. The highest BCUT2D eigenvalue weighted by atomic mass is 32.2. The van der Waals surface area contributed by atoms with Crippen LogP contribution in [0.3, 0.4) is 0 Å². The zero-order valence-corrected chi connectivity index (χ0v) is 10.2. The van der Waals surface area contributed by atoms with Gasteiger partial charge in [0.1, 0.15) is 4.90 Å². The summed E-state index contributed by atoms with van der Waals surface area (Å²) in [5, 5.41) is 4.46. The van der Waals surface area contributed by atoms with Crippen molar-refractivity contribution in [2.45, 2.75) is 11.8 Å². The van der Waals surface area contributed by atoms with Gasteiger partial charge in [0.25, 0.3) is 10.1 Å². The van der Waals surface area contributed by atoms with Gasteiger partial charge in [-0.15, -0.1) is 0 Å². The Morgan fingerprint density at radius 3 is 2.35 bits per heavy atom. The van der Waals surface area contributed by atoms with Gasteiger partial charge >= 0.3 is 0 Å². The van der Waals surface area contributed by atoms with Gasteiger partial charge in [0, 0.05) is 23.0 Å². The highest BCUT2D eigenvalue weighted by Gasteiger charge is 2.14. The maximum absolute atomic E-state index is 11.3. The third-order valence-corrected chi connectivity index (χ3v) is 3.44. The second kappa shape index (κ2) is 4.35. The van der Waals surface area contributed by atoms with E-state index < -0.39 is 10.1 Å². The predicted molar refractivity (Wildman–Crippen MR) is 67.9 cm³/mol. The van der Waals surface area contributed by atoms with Crippen molar-refractivity contribution < 1.29 is 13.0 Å². The number of hydrogen-bond acceptors (Lipinski definition) is 3. The van der Waals surface area contributed by atoms with Crippen LogP contribution in [0.25, 0.3) is 10.8 Å². The van der Waals surface area contributed by atoms with E-state index in [1.165, 1.54) is 6.07 Å². The second-order valence-electron chi connectivity index (χ2n) is 3.66. The van der Waals surface area contributed by atoms with Crippen molar-refractivity contribution >= 4 is 26.6 Å². The van der Waals surface area contributed by atoms with Gasteiger partial charge in [-0.3, -0.25) is 4.55 Å². The van der Waals surface area contributed by atoms with Gasteiger partial charge in [0.15, 0.2) is 0 Å². The van der Waals surface area contributed by atoms with Gasteiger partial charge in [-0.05, 0) is 19.1 Å². The molecule has 0 unspecified atom stereocenters. The molecule has 2 N–H and O–H groups in total. The third-order valence-electron chi connectivity index (χ3n) is 2.53. The van der Waals surface area contributed by atoms with E-state index in [4.69, 9.17) is 4.55 Å². The minimum absolute atomic E-state index is 0.0604. The van der Waals surface area contributed by atoms with Crippen LogP contribution in [0.2, 0.25) is 0 Å². The first-order chi connectivity index (χ1) is 8.04. The molecule has 0 radical (unpaired) electrons. The lowest BCUT2D eigenvalue weighted by Crippen LogP contribution is -2.02. The van der Waals surface area contributed by atoms with Crippen LogP contribution in [0.15, 0.2) is 41.3 Å². The van der Waals surface area contributed by atoms with Crippen molar-refractivity contribution in [3.63, 3.8) is 0 Å². The summed E-state index contributed by atoms with van der Waals surface area (Å²) in [6.07, 6.45) is 0. The quantitative estimate of drug-likeness (QED) is 0.823. The van der Waals surface area contributed by atoms with Gasteiger partial charge in [-0.2, -0.15) is 8.42 Å². The maximum atomic E-state index is 11.3. The number of hydrogen-bond donors (Lipinski definition) is 2. The number of nitrogens with one attached hydrogen (secondary N) is 1. The molecule has 0 fully saturated rings. The number of benzene rings is 2. The minimum atomic E-state index is -4.19. The SMILES string of the molecule is CCNc1ccc(S(=O)(=O)O)c2ccccc12. The molecule has 90 valence electrons. The third kappa shape index (κ3) is 2.25. The molecule has 0 bridgehead atoms. The molecule has 0 aliphatic carbocycles. The number of fused-ring (bicyclic) bond motifs is 1. The van der Waals surface area contributed by atoms with E-state index in [1.54, 1.807) is 18.2 Å². The van der Waals surface area contributed by atoms with Crippen LogP contribution in [0.1, 0.15) is 6.92 Å². The van der Waals surface area contributed by atoms with Crippen LogP contribution in [0.5, 0.6) is 0 Å². The number of anilines is 1. The van der Waals surface area contributed by atoms with Crippen molar-refractivity contribution in [3.8, 4) is 0 Å². The van der Waals surface area contributed by atoms with Gasteiger partial charge in [-0.1, -0.05) is 24.3 Å². The van der Waals surface area contributed by atoms with Gasteiger partial charge < -0.3 is 5.32 Å². The largest absolute Gasteiger partial charge is 0.385 e. The molecule has 0 aliphatic heterocycles. The maximum Gasteiger partial charge on any atom is 0.295 e. The lowest BCUT2D eigenvalue weighted by atomic mass is 10.1. The fourth-order valence-corrected chi connectivity index (χ4v) is 2.54. The zero-order valence-electron chi connectivity index (χ0n) is 9.34. The lowest BCUT2D eigenvalue weighted by Gasteiger charge is -2.10. The molecule has 0 aliphatic rings. The summed E-state index contributed by atoms with van der Waals surface area (Å²) in [5.41, 5.74) is 0.857. The molecule has 4 nitrogen and oxygen atoms in total. The summed E-state index contributed by atoms with van der Waals surface area (Å²) in [4.78, 5) is -0.0604. The smallest absolute Gasteiger partial charge is 0.295 e. The highest BCUT2D eigenvalue weighted by molar-refractivity contribution is 7.86. The Hall–Kier alpha value is -1.59. The summed E-state index contributed by atoms with van der Waals surface area (Å²) >= 11 is 0. The molecular weight excluding hydrogens is 238 g/mol. The van der Waals surface area contributed by atoms with E-state index in [0.717, 1.165) is 17.6 Å². The van der Waals surface area contributed by atoms with Gasteiger partial charge in [-0.25, -0.2) is 0 Å². The molecule has 0 heterocycles. The van der Waals surface area contributed by atoms with Gasteiger partial charge in [0.2, 0.25) is 0 Å². The van der Waals surface area contributed by atoms with E-state index >= 15 is 0 Å². The summed E-state index contributed by atoms with van der Waals surface area (Å²) in [7, 11) is -4.19. The first-order valence-electron chi connectivity index (χ1n) is 5.27. The fourth-order valence-electron chi connectivity index (χ4n) is 1.84. The molecule has 5 heteroatoms. The van der Waals surface area contributed by atoms with Crippen molar-refractivity contribution in [1.29, 1.82) is 0 Å². The fraction of sp³-hybridized carbons (Fsp3) is 0.167. The summed E-state index contributed by atoms with van der Waals surface area (Å²) in [5.74, 6) is 0. The average molecular weight is 251 g/mol. The van der Waals surface area contributed by atoms with Crippen LogP contribution in [-0.4, -0.2) is 19.5 Å². The molecule has 0 spiro atoms. The molecule has 0 saturated heterocycles. The Morgan fingerprint density at radius 2 is 1.76 bits per heavy atom. The molecule has 0 aromatic heterocycles. The predicted octanol–water partition coefficient (Wildman–Crippen LogP) is 2.52. The van der Waals surface area contributed by atoms with Crippen LogP contribution in [0.4, 0.5) is 5.69 Å². The average Bonchev–Trinajstić information content (AvgIpc) is 2.28. The van der Waals surface area contributed by atoms with Crippen LogP contribution in [0, 0.1) is 0 Å². The van der Waals surface area contributed by atoms with E-state index in [0.29, 0.717) is 5.39 Å². The molecule has 2 rings (SSSR count). The summed E-state index contributed by atoms with van der Waals surface area (Å²) in [6, 6.07) is 10.1. The molecule has 0 saturated carbocycles. The zero-order chi connectivity index (χ0) is 12.5. The number of rotatable bonds is 3. The molecule has 17 heavy (non-hydrogen) atoms. The van der Waals surface area contributed by atoms with Crippen molar-refractivity contribution in [2.24, 2.45) is 0 Å². The molecule has 2 aromatic rings. The Morgan fingerprint density at radius 1 is 1.12 bits per heavy atom. The summed E-state index contributed by atoms with van der Waals surface area (Å²) < 4.78 is 31.7. The van der Waals surface area contributed by atoms with E-state index in [1.807, 2.05) is 19.1 Å². The topological polar surface area (TPSA) is 66.4 Å². The van der Waals surface area contributed by atoms with Crippen LogP contribution >= 0.6 is 0 Å². The van der Waals surface area contributed by atoms with E-state index in [-0.39, 0.29) is 4.90 Å². The monoisotopic (exact) mass is 251 g/mol. The Balaban J connectivity index is 2.80. The van der Waals surface area contributed by atoms with Crippen molar-refractivity contribution in [1.82, 2.24) is 0 Å². The molecule has 2 aromatic carbocycles. The molecule has 0 amide bonds. The first-order valence-corrected chi connectivity index (χ1v) is 6.71. The molecular formula is C12H13NO3S. The van der Waals surface area contributed by atoms with Crippen LogP contribution in [-0.2, 0) is 10.1 Å². The Bertz CT molecular complexity index is 650. The first kappa shape index (κ1) is 11.9. The van der Waals surface area contributed by atoms with E-state index in [2.05, 4.69) is 5.32 Å². The Kier molecular flexibility index (Phi) is 3.04. The highest BCUT2D eigenvalue weighted by Crippen LogP contribution is 2.29. The van der Waals surface area contributed by atoms with E-state index in [9.17, 15) is 8.42 Å². The summed E-state index contributed by atoms with van der Waals surface area (Å²) in [6.45, 7) is 2.71. The van der Waals surface area contributed by atoms with Crippen molar-refractivity contribution in [3.05, 3.63) is 36.4 Å². The standard InChI is InChI=1S/C12H13NO3S/c1-2-13-11-7-8-12(17(14,15)16)10-6-4-3-5-9(10)11/h3-8,13H,2H2,1H3,(H,14,15,16). The van der Waals surface area contributed by atoms with Crippen LogP contribution < -0.4 is 5.32 Å².